The quantitative estimate of drug-likeness (QED) is 0.697. The molecule has 1 aliphatic rings. The van der Waals surface area contributed by atoms with Crippen molar-refractivity contribution in [2.24, 2.45) is 0 Å². The van der Waals surface area contributed by atoms with Gasteiger partial charge in [0.05, 0.1) is 11.4 Å². The molecule has 20 heavy (non-hydrogen) atoms. The molecule has 0 atom stereocenters. The molecule has 0 N–H and O–H groups in total. The number of anilines is 1. The first-order valence-corrected chi connectivity index (χ1v) is 9.26. The minimum absolute atomic E-state index is 0.0164. The number of ether oxygens (including phenoxy) is 1. The molecule has 1 aromatic carbocycles. The summed E-state index contributed by atoms with van der Waals surface area (Å²) in [6, 6.07) is 5.53. The van der Waals surface area contributed by atoms with Gasteiger partial charge < -0.3 is 9.64 Å². The second-order valence-corrected chi connectivity index (χ2v) is 8.15. The Labute approximate surface area is 132 Å². The average Bonchev–Trinajstić information content (AvgIpc) is 2.37. The number of carbonyl (C=O) groups is 1. The zero-order chi connectivity index (χ0) is 14.8. The molecule has 0 saturated heterocycles. The van der Waals surface area contributed by atoms with Gasteiger partial charge in [-0.15, -0.1) is 0 Å². The van der Waals surface area contributed by atoms with E-state index in [0.29, 0.717) is 17.9 Å². The van der Waals surface area contributed by atoms with Crippen LogP contribution in [0.1, 0.15) is 13.3 Å². The van der Waals surface area contributed by atoms with E-state index in [1.165, 1.54) is 4.90 Å². The maximum Gasteiger partial charge on any atom is 0.265 e. The number of carbonyl (C=O) groups excluding carboxylic acids is 1. The number of rotatable bonds is 5. The van der Waals surface area contributed by atoms with Crippen LogP contribution in [0, 0.1) is 3.57 Å². The van der Waals surface area contributed by atoms with E-state index in [4.69, 9.17) is 4.74 Å². The molecule has 0 unspecified atom stereocenters. The molecule has 0 saturated carbocycles. The van der Waals surface area contributed by atoms with Gasteiger partial charge in [0.25, 0.3) is 5.91 Å². The minimum atomic E-state index is -3.10. The van der Waals surface area contributed by atoms with Gasteiger partial charge in [-0.25, -0.2) is 8.42 Å². The molecule has 1 amide bonds. The molecule has 0 bridgehead atoms. The van der Waals surface area contributed by atoms with Crippen molar-refractivity contribution in [3.8, 4) is 5.75 Å². The van der Waals surface area contributed by atoms with E-state index in [9.17, 15) is 13.2 Å². The molecular weight excluding hydrogens is 393 g/mol. The number of hydrogen-bond acceptors (Lipinski definition) is 4. The standard InChI is InChI=1S/C13H16INO4S/c1-2-6-20(17,18)7-5-15-11-8-10(14)3-4-12(11)19-9-13(15)16/h3-4,8H,2,5-7,9H2,1H3. The predicted octanol–water partition coefficient (Wildman–Crippen LogP) is 1.84. The summed E-state index contributed by atoms with van der Waals surface area (Å²) in [5.74, 6) is 0.562. The third kappa shape index (κ3) is 3.63. The molecule has 110 valence electrons. The molecule has 1 aromatic rings. The smallest absolute Gasteiger partial charge is 0.265 e. The van der Waals surface area contributed by atoms with Gasteiger partial charge in [-0.1, -0.05) is 6.92 Å². The number of halogens is 1. The first-order valence-electron chi connectivity index (χ1n) is 6.36. The Morgan fingerprint density at radius 2 is 2.10 bits per heavy atom. The summed E-state index contributed by atoms with van der Waals surface area (Å²) in [4.78, 5) is 13.5. The zero-order valence-corrected chi connectivity index (χ0v) is 14.1. The van der Waals surface area contributed by atoms with Crippen LogP contribution in [0.25, 0.3) is 0 Å². The number of amides is 1. The van der Waals surface area contributed by atoms with E-state index < -0.39 is 9.84 Å². The fourth-order valence-corrected chi connectivity index (χ4v) is 3.83. The van der Waals surface area contributed by atoms with Crippen molar-refractivity contribution in [2.75, 3.05) is 29.6 Å². The summed E-state index contributed by atoms with van der Waals surface area (Å²) in [6.45, 7) is 1.97. The Morgan fingerprint density at radius 1 is 1.35 bits per heavy atom. The monoisotopic (exact) mass is 409 g/mol. The second-order valence-electron chi connectivity index (χ2n) is 4.60. The first-order chi connectivity index (χ1) is 9.43. The molecule has 0 radical (unpaired) electrons. The van der Waals surface area contributed by atoms with Gasteiger partial charge in [0.2, 0.25) is 0 Å². The van der Waals surface area contributed by atoms with Crippen molar-refractivity contribution < 1.29 is 17.9 Å². The van der Waals surface area contributed by atoms with Gasteiger partial charge in [0.15, 0.2) is 16.4 Å². The van der Waals surface area contributed by atoms with Crippen molar-refractivity contribution in [3.63, 3.8) is 0 Å². The summed E-state index contributed by atoms with van der Waals surface area (Å²) in [6.07, 6.45) is 0.591. The molecule has 1 aliphatic heterocycles. The molecule has 5 nitrogen and oxygen atoms in total. The van der Waals surface area contributed by atoms with E-state index in [2.05, 4.69) is 22.6 Å². The summed E-state index contributed by atoms with van der Waals surface area (Å²) >= 11 is 2.15. The first kappa shape index (κ1) is 15.6. The van der Waals surface area contributed by atoms with Crippen LogP contribution in [0.2, 0.25) is 0 Å². The zero-order valence-electron chi connectivity index (χ0n) is 11.1. The third-order valence-electron chi connectivity index (χ3n) is 3.01. The van der Waals surface area contributed by atoms with Crippen LogP contribution in [0.5, 0.6) is 5.75 Å². The summed E-state index contributed by atoms with van der Waals surface area (Å²) in [5.41, 5.74) is 0.653. The Balaban J connectivity index is 2.20. The van der Waals surface area contributed by atoms with E-state index in [0.717, 1.165) is 3.57 Å². The normalized spacial score (nSPS) is 14.9. The van der Waals surface area contributed by atoms with E-state index >= 15 is 0 Å². The van der Waals surface area contributed by atoms with Crippen LogP contribution in [-0.4, -0.2) is 39.0 Å². The van der Waals surface area contributed by atoms with Crippen molar-refractivity contribution in [2.45, 2.75) is 13.3 Å². The van der Waals surface area contributed by atoms with Crippen LogP contribution in [-0.2, 0) is 14.6 Å². The van der Waals surface area contributed by atoms with Crippen LogP contribution in [0.4, 0.5) is 5.69 Å². The highest BCUT2D eigenvalue weighted by Crippen LogP contribution is 2.33. The molecule has 0 fully saturated rings. The lowest BCUT2D eigenvalue weighted by Crippen LogP contribution is -2.41. The second kappa shape index (κ2) is 6.30. The van der Waals surface area contributed by atoms with Gasteiger partial charge in [0, 0.05) is 15.9 Å². The van der Waals surface area contributed by atoms with Crippen molar-refractivity contribution in [3.05, 3.63) is 21.8 Å². The van der Waals surface area contributed by atoms with E-state index in [1.54, 1.807) is 6.07 Å². The Bertz CT molecular complexity index is 615. The van der Waals surface area contributed by atoms with E-state index in [-0.39, 0.29) is 30.6 Å². The molecular formula is C13H16INO4S. The third-order valence-corrected chi connectivity index (χ3v) is 5.51. The van der Waals surface area contributed by atoms with Crippen LogP contribution >= 0.6 is 22.6 Å². The fourth-order valence-electron chi connectivity index (χ4n) is 2.06. The van der Waals surface area contributed by atoms with Crippen LogP contribution < -0.4 is 9.64 Å². The predicted molar refractivity (Wildman–Crippen MR) is 86.0 cm³/mol. The summed E-state index contributed by atoms with van der Waals surface area (Å²) in [7, 11) is -3.10. The Hall–Kier alpha value is -0.830. The largest absolute Gasteiger partial charge is 0.482 e. The van der Waals surface area contributed by atoms with Crippen LogP contribution in [0.15, 0.2) is 18.2 Å². The van der Waals surface area contributed by atoms with Crippen molar-refractivity contribution in [1.29, 1.82) is 0 Å². The van der Waals surface area contributed by atoms with Crippen molar-refractivity contribution >= 4 is 44.0 Å². The highest BCUT2D eigenvalue weighted by Gasteiger charge is 2.26. The molecule has 1 heterocycles. The highest BCUT2D eigenvalue weighted by molar-refractivity contribution is 14.1. The van der Waals surface area contributed by atoms with Crippen LogP contribution in [0.3, 0.4) is 0 Å². The van der Waals surface area contributed by atoms with Gasteiger partial charge in [-0.05, 0) is 47.2 Å². The molecule has 2 rings (SSSR count). The van der Waals surface area contributed by atoms with Gasteiger partial charge in [-0.2, -0.15) is 0 Å². The minimum Gasteiger partial charge on any atom is -0.482 e. The van der Waals surface area contributed by atoms with Gasteiger partial charge in [-0.3, -0.25) is 4.79 Å². The molecule has 0 aliphatic carbocycles. The number of sulfone groups is 1. The lowest BCUT2D eigenvalue weighted by atomic mass is 10.2. The lowest BCUT2D eigenvalue weighted by Gasteiger charge is -2.29. The summed E-state index contributed by atoms with van der Waals surface area (Å²) < 4.78 is 29.9. The Kier molecular flexibility index (Phi) is 4.90. The number of nitrogens with zero attached hydrogens (tertiary/aromatic N) is 1. The number of hydrogen-bond donors (Lipinski definition) is 0. The summed E-state index contributed by atoms with van der Waals surface area (Å²) in [5, 5.41) is 0. The van der Waals surface area contributed by atoms with Gasteiger partial charge >= 0.3 is 0 Å². The molecule has 0 aromatic heterocycles. The molecule has 7 heteroatoms. The Morgan fingerprint density at radius 3 is 2.80 bits per heavy atom. The number of benzene rings is 1. The van der Waals surface area contributed by atoms with Crippen molar-refractivity contribution in [1.82, 2.24) is 0 Å². The average molecular weight is 409 g/mol. The SMILES string of the molecule is CCCS(=O)(=O)CCN1C(=O)COc2ccc(I)cc21. The maximum absolute atomic E-state index is 11.9. The number of fused-ring (bicyclic) bond motifs is 1. The van der Waals surface area contributed by atoms with Gasteiger partial charge in [0.1, 0.15) is 5.75 Å². The topological polar surface area (TPSA) is 63.7 Å². The van der Waals surface area contributed by atoms with E-state index in [1.807, 2.05) is 19.1 Å². The highest BCUT2D eigenvalue weighted by atomic mass is 127. The lowest BCUT2D eigenvalue weighted by molar-refractivity contribution is -0.121. The maximum atomic E-state index is 11.9. The fraction of sp³-hybridized carbons (Fsp3) is 0.462. The molecule has 0 spiro atoms.